The van der Waals surface area contributed by atoms with E-state index < -0.39 is 23.5 Å². The van der Waals surface area contributed by atoms with E-state index in [1.807, 2.05) is 0 Å². The molecule has 1 rings (SSSR count). The molecule has 1 unspecified atom stereocenters. The lowest BCUT2D eigenvalue weighted by molar-refractivity contribution is -0.384. The number of anilines is 1. The molecule has 0 aliphatic carbocycles. The predicted octanol–water partition coefficient (Wildman–Crippen LogP) is 0.110. The van der Waals surface area contributed by atoms with Crippen LogP contribution in [0.25, 0.3) is 0 Å². The van der Waals surface area contributed by atoms with E-state index in [-0.39, 0.29) is 23.5 Å². The van der Waals surface area contributed by atoms with Gasteiger partial charge >= 0.3 is 0 Å². The van der Waals surface area contributed by atoms with Crippen LogP contribution in [0.15, 0.2) is 18.2 Å². The number of aliphatic hydroxyl groups is 2. The fourth-order valence-corrected chi connectivity index (χ4v) is 1.53. The zero-order valence-electron chi connectivity index (χ0n) is 11.0. The third-order valence-corrected chi connectivity index (χ3v) is 2.53. The number of nitrogens with zero attached hydrogens (tertiary/aromatic N) is 1. The fraction of sp³-hybridized carbons (Fsp3) is 0.417. The second-order valence-electron chi connectivity index (χ2n) is 4.07. The van der Waals surface area contributed by atoms with Gasteiger partial charge in [-0.2, -0.15) is 0 Å². The highest BCUT2D eigenvalue weighted by atomic mass is 16.6. The molecule has 0 aliphatic heterocycles. The molecule has 0 radical (unpaired) electrons. The summed E-state index contributed by atoms with van der Waals surface area (Å²) >= 11 is 0. The van der Waals surface area contributed by atoms with Gasteiger partial charge in [-0.05, 0) is 19.1 Å². The number of aliphatic hydroxyl groups excluding tert-OH is 2. The molecule has 0 saturated heterocycles. The lowest BCUT2D eigenvalue weighted by atomic mass is 10.1. The average molecular weight is 283 g/mol. The lowest BCUT2D eigenvalue weighted by Crippen LogP contribution is -2.24. The van der Waals surface area contributed by atoms with Gasteiger partial charge in [-0.1, -0.05) is 0 Å². The minimum atomic E-state index is -1.02. The van der Waals surface area contributed by atoms with Crippen LogP contribution in [0.2, 0.25) is 0 Å². The van der Waals surface area contributed by atoms with E-state index in [0.29, 0.717) is 6.54 Å². The Labute approximate surface area is 115 Å². The van der Waals surface area contributed by atoms with E-state index in [4.69, 9.17) is 5.11 Å². The number of benzene rings is 1. The SMILES string of the molecule is CCNC(=O)c1ccc(NCC(O)CO)c([N+](=O)[O-])c1. The van der Waals surface area contributed by atoms with E-state index in [1.54, 1.807) is 6.92 Å². The minimum absolute atomic E-state index is 0.0299. The number of carbonyl (C=O) groups excluding carboxylic acids is 1. The third-order valence-electron chi connectivity index (χ3n) is 2.53. The average Bonchev–Trinajstić information content (AvgIpc) is 2.44. The number of hydrogen-bond acceptors (Lipinski definition) is 6. The van der Waals surface area contributed by atoms with Gasteiger partial charge in [0.15, 0.2) is 0 Å². The predicted molar refractivity (Wildman–Crippen MR) is 72.7 cm³/mol. The largest absolute Gasteiger partial charge is 0.394 e. The first-order chi connectivity index (χ1) is 9.49. The molecule has 0 fully saturated rings. The maximum atomic E-state index is 11.6. The number of carbonyl (C=O) groups is 1. The van der Waals surface area contributed by atoms with Crippen LogP contribution in [0.3, 0.4) is 0 Å². The zero-order chi connectivity index (χ0) is 15.1. The molecule has 0 bridgehead atoms. The second kappa shape index (κ2) is 7.41. The highest BCUT2D eigenvalue weighted by molar-refractivity contribution is 5.95. The monoisotopic (exact) mass is 283 g/mol. The second-order valence-corrected chi connectivity index (χ2v) is 4.07. The minimum Gasteiger partial charge on any atom is -0.394 e. The van der Waals surface area contributed by atoms with Gasteiger partial charge in [-0.15, -0.1) is 0 Å². The molecule has 1 atom stereocenters. The molecule has 1 aromatic carbocycles. The molecule has 0 aromatic heterocycles. The topological polar surface area (TPSA) is 125 Å². The molecule has 110 valence electrons. The van der Waals surface area contributed by atoms with E-state index in [2.05, 4.69) is 10.6 Å². The molecule has 0 saturated carbocycles. The zero-order valence-corrected chi connectivity index (χ0v) is 11.0. The summed E-state index contributed by atoms with van der Waals surface area (Å²) in [6.45, 7) is 1.70. The smallest absolute Gasteiger partial charge is 0.293 e. The molecular weight excluding hydrogens is 266 g/mol. The normalized spacial score (nSPS) is 11.8. The summed E-state index contributed by atoms with van der Waals surface area (Å²) in [5.41, 5.74) is 0.0984. The van der Waals surface area contributed by atoms with Gasteiger partial charge in [0.1, 0.15) is 5.69 Å². The van der Waals surface area contributed by atoms with Crippen LogP contribution in [0, 0.1) is 10.1 Å². The molecule has 0 spiro atoms. The Kier molecular flexibility index (Phi) is 5.88. The van der Waals surface area contributed by atoms with Crippen molar-refractivity contribution in [1.29, 1.82) is 0 Å². The van der Waals surface area contributed by atoms with Gasteiger partial charge in [0, 0.05) is 24.7 Å². The first-order valence-corrected chi connectivity index (χ1v) is 6.09. The van der Waals surface area contributed by atoms with Crippen molar-refractivity contribution >= 4 is 17.3 Å². The van der Waals surface area contributed by atoms with Crippen LogP contribution in [0.5, 0.6) is 0 Å². The number of nitrogens with one attached hydrogen (secondary N) is 2. The molecule has 20 heavy (non-hydrogen) atoms. The molecular formula is C12H17N3O5. The highest BCUT2D eigenvalue weighted by Gasteiger charge is 2.17. The quantitative estimate of drug-likeness (QED) is 0.416. The number of hydrogen-bond donors (Lipinski definition) is 4. The Bertz CT molecular complexity index is 492. The van der Waals surface area contributed by atoms with Crippen molar-refractivity contribution in [3.05, 3.63) is 33.9 Å². The van der Waals surface area contributed by atoms with Crippen LogP contribution in [-0.4, -0.2) is 46.8 Å². The summed E-state index contributed by atoms with van der Waals surface area (Å²) in [6, 6.07) is 4.01. The molecule has 8 nitrogen and oxygen atoms in total. The van der Waals surface area contributed by atoms with Crippen LogP contribution < -0.4 is 10.6 Å². The van der Waals surface area contributed by atoms with Gasteiger partial charge in [0.2, 0.25) is 0 Å². The van der Waals surface area contributed by atoms with E-state index in [1.165, 1.54) is 18.2 Å². The third kappa shape index (κ3) is 4.18. The summed E-state index contributed by atoms with van der Waals surface area (Å²) in [5.74, 6) is -0.391. The Morgan fingerprint density at radius 1 is 1.50 bits per heavy atom. The van der Waals surface area contributed by atoms with Crippen molar-refractivity contribution in [2.75, 3.05) is 25.0 Å². The molecule has 0 aliphatic rings. The summed E-state index contributed by atoms with van der Waals surface area (Å²) in [7, 11) is 0. The van der Waals surface area contributed by atoms with Crippen molar-refractivity contribution in [1.82, 2.24) is 5.32 Å². The Hall–Kier alpha value is -2.19. The van der Waals surface area contributed by atoms with Gasteiger partial charge in [-0.25, -0.2) is 0 Å². The molecule has 4 N–H and O–H groups in total. The maximum absolute atomic E-state index is 11.6. The Balaban J connectivity index is 2.96. The Morgan fingerprint density at radius 3 is 2.75 bits per heavy atom. The van der Waals surface area contributed by atoms with Crippen molar-refractivity contribution in [2.24, 2.45) is 0 Å². The highest BCUT2D eigenvalue weighted by Crippen LogP contribution is 2.25. The van der Waals surface area contributed by atoms with E-state index in [0.717, 1.165) is 0 Å². The van der Waals surface area contributed by atoms with Gasteiger partial charge in [0.05, 0.1) is 17.6 Å². The first kappa shape index (κ1) is 15.9. The van der Waals surface area contributed by atoms with Crippen molar-refractivity contribution in [3.8, 4) is 0 Å². The van der Waals surface area contributed by atoms with Crippen molar-refractivity contribution in [3.63, 3.8) is 0 Å². The first-order valence-electron chi connectivity index (χ1n) is 6.09. The summed E-state index contributed by atoms with van der Waals surface area (Å²) in [6.07, 6.45) is -1.02. The fourth-order valence-electron chi connectivity index (χ4n) is 1.53. The van der Waals surface area contributed by atoms with Crippen molar-refractivity contribution < 1.29 is 19.9 Å². The van der Waals surface area contributed by atoms with Crippen LogP contribution in [-0.2, 0) is 0 Å². The van der Waals surface area contributed by atoms with Gasteiger partial charge in [0.25, 0.3) is 11.6 Å². The molecule has 8 heteroatoms. The van der Waals surface area contributed by atoms with E-state index >= 15 is 0 Å². The van der Waals surface area contributed by atoms with E-state index in [9.17, 15) is 20.0 Å². The maximum Gasteiger partial charge on any atom is 0.293 e. The molecule has 1 aromatic rings. The number of amides is 1. The van der Waals surface area contributed by atoms with Crippen molar-refractivity contribution in [2.45, 2.75) is 13.0 Å². The van der Waals surface area contributed by atoms with Gasteiger partial charge < -0.3 is 20.8 Å². The molecule has 0 heterocycles. The number of nitro benzene ring substituents is 1. The summed E-state index contributed by atoms with van der Waals surface area (Å²) in [5, 5.41) is 34.1. The van der Waals surface area contributed by atoms with Crippen LogP contribution in [0.1, 0.15) is 17.3 Å². The molecule has 1 amide bonds. The Morgan fingerprint density at radius 2 is 2.20 bits per heavy atom. The number of rotatable bonds is 7. The summed E-state index contributed by atoms with van der Waals surface area (Å²) < 4.78 is 0. The standard InChI is InChI=1S/C12H17N3O5/c1-2-13-12(18)8-3-4-10(11(5-8)15(19)20)14-6-9(17)7-16/h3-5,9,14,16-17H,2,6-7H2,1H3,(H,13,18). The number of nitro groups is 1. The van der Waals surface area contributed by atoms with Gasteiger partial charge in [-0.3, -0.25) is 14.9 Å². The lowest BCUT2D eigenvalue weighted by Gasteiger charge is -2.11. The van der Waals surface area contributed by atoms with Crippen LogP contribution in [0.4, 0.5) is 11.4 Å². The summed E-state index contributed by atoms with van der Waals surface area (Å²) in [4.78, 5) is 22.0. The van der Waals surface area contributed by atoms with Crippen LogP contribution >= 0.6 is 0 Å².